The number of rotatable bonds is 4. The van der Waals surface area contributed by atoms with Gasteiger partial charge in [-0.1, -0.05) is 40.8 Å². The molecule has 0 atom stereocenters. The standard InChI is InChI=1S/C11H11ClFN3S2/c1-16(2)10-14-15-11(18-10)17-6-7-8(12)4-3-5-9(7)13/h3-5H,6H2,1-2H3. The van der Waals surface area contributed by atoms with Crippen molar-refractivity contribution in [1.82, 2.24) is 10.2 Å². The topological polar surface area (TPSA) is 29.0 Å². The average molecular weight is 304 g/mol. The minimum atomic E-state index is -0.285. The second-order valence-electron chi connectivity index (χ2n) is 3.73. The van der Waals surface area contributed by atoms with E-state index < -0.39 is 0 Å². The van der Waals surface area contributed by atoms with E-state index in [9.17, 15) is 4.39 Å². The summed E-state index contributed by atoms with van der Waals surface area (Å²) in [6, 6.07) is 4.69. The van der Waals surface area contributed by atoms with Gasteiger partial charge in [0, 0.05) is 30.4 Å². The Bertz CT molecular complexity index is 525. The lowest BCUT2D eigenvalue weighted by atomic mass is 10.2. The number of nitrogens with zero attached hydrogens (tertiary/aromatic N) is 3. The van der Waals surface area contributed by atoms with Gasteiger partial charge in [0.1, 0.15) is 5.82 Å². The van der Waals surface area contributed by atoms with E-state index >= 15 is 0 Å². The van der Waals surface area contributed by atoms with Crippen LogP contribution < -0.4 is 4.90 Å². The first kappa shape index (κ1) is 13.6. The summed E-state index contributed by atoms with van der Waals surface area (Å²) in [5.74, 6) is 0.167. The molecule has 0 saturated carbocycles. The Morgan fingerprint density at radius 3 is 2.78 bits per heavy atom. The number of benzene rings is 1. The van der Waals surface area contributed by atoms with E-state index in [4.69, 9.17) is 11.6 Å². The molecule has 0 aliphatic rings. The lowest BCUT2D eigenvalue weighted by Gasteiger charge is -2.04. The molecule has 0 bridgehead atoms. The van der Waals surface area contributed by atoms with Crippen LogP contribution in [0.1, 0.15) is 5.56 Å². The quantitative estimate of drug-likeness (QED) is 0.806. The van der Waals surface area contributed by atoms with Crippen molar-refractivity contribution in [3.8, 4) is 0 Å². The van der Waals surface area contributed by atoms with Crippen LogP contribution >= 0.6 is 34.7 Å². The summed E-state index contributed by atoms with van der Waals surface area (Å²) in [4.78, 5) is 1.89. The summed E-state index contributed by atoms with van der Waals surface area (Å²) in [7, 11) is 3.81. The minimum Gasteiger partial charge on any atom is -0.353 e. The van der Waals surface area contributed by atoms with Crippen molar-refractivity contribution in [2.45, 2.75) is 10.1 Å². The van der Waals surface area contributed by atoms with Gasteiger partial charge in [-0.15, -0.1) is 10.2 Å². The summed E-state index contributed by atoms with van der Waals surface area (Å²) in [5, 5.41) is 9.33. The molecule has 2 rings (SSSR count). The maximum Gasteiger partial charge on any atom is 0.208 e. The maximum atomic E-state index is 13.5. The van der Waals surface area contributed by atoms with E-state index in [2.05, 4.69) is 10.2 Å². The number of anilines is 1. The largest absolute Gasteiger partial charge is 0.353 e. The van der Waals surface area contributed by atoms with Gasteiger partial charge in [0.15, 0.2) is 4.34 Å². The van der Waals surface area contributed by atoms with Gasteiger partial charge in [0.05, 0.1) is 0 Å². The fourth-order valence-corrected chi connectivity index (χ4v) is 3.35. The van der Waals surface area contributed by atoms with Crippen LogP contribution in [0.3, 0.4) is 0 Å². The first-order valence-corrected chi connectivity index (χ1v) is 7.32. The predicted molar refractivity (Wildman–Crippen MR) is 75.2 cm³/mol. The first-order valence-electron chi connectivity index (χ1n) is 5.14. The second-order valence-corrected chi connectivity index (χ2v) is 6.32. The molecule has 0 radical (unpaired) electrons. The van der Waals surface area contributed by atoms with Crippen molar-refractivity contribution in [3.63, 3.8) is 0 Å². The predicted octanol–water partition coefficient (Wildman–Crippen LogP) is 3.69. The zero-order valence-corrected chi connectivity index (χ0v) is 12.2. The molecule has 1 aromatic heterocycles. The third kappa shape index (κ3) is 3.13. The highest BCUT2D eigenvalue weighted by Crippen LogP contribution is 2.32. The highest BCUT2D eigenvalue weighted by molar-refractivity contribution is 8.00. The number of hydrogen-bond acceptors (Lipinski definition) is 5. The summed E-state index contributed by atoms with van der Waals surface area (Å²) in [5.41, 5.74) is 0.505. The Morgan fingerprint density at radius 1 is 1.39 bits per heavy atom. The molecule has 3 nitrogen and oxygen atoms in total. The molecule has 0 amide bonds. The lowest BCUT2D eigenvalue weighted by Crippen LogP contribution is -2.07. The van der Waals surface area contributed by atoms with Crippen LogP contribution in [-0.2, 0) is 5.75 Å². The molecule has 0 aliphatic carbocycles. The molecule has 18 heavy (non-hydrogen) atoms. The van der Waals surface area contributed by atoms with Crippen molar-refractivity contribution in [1.29, 1.82) is 0 Å². The zero-order chi connectivity index (χ0) is 13.1. The van der Waals surface area contributed by atoms with E-state index in [0.717, 1.165) is 9.47 Å². The van der Waals surface area contributed by atoms with Gasteiger partial charge in [-0.05, 0) is 12.1 Å². The third-order valence-electron chi connectivity index (χ3n) is 2.18. The molecular formula is C11H11ClFN3S2. The van der Waals surface area contributed by atoms with Crippen LogP contribution in [0.2, 0.25) is 5.02 Å². The van der Waals surface area contributed by atoms with E-state index in [0.29, 0.717) is 16.3 Å². The van der Waals surface area contributed by atoms with Crippen LogP contribution in [0, 0.1) is 5.82 Å². The molecule has 0 fully saturated rings. The molecular weight excluding hydrogens is 293 g/mol. The Balaban J connectivity index is 2.07. The van der Waals surface area contributed by atoms with Crippen molar-refractivity contribution in [2.75, 3.05) is 19.0 Å². The van der Waals surface area contributed by atoms with Gasteiger partial charge < -0.3 is 4.90 Å². The Kier molecular flexibility index (Phi) is 4.42. The van der Waals surface area contributed by atoms with Gasteiger partial charge in [0.2, 0.25) is 5.13 Å². The SMILES string of the molecule is CN(C)c1nnc(SCc2c(F)cccc2Cl)s1. The van der Waals surface area contributed by atoms with Crippen LogP contribution in [0.15, 0.2) is 22.5 Å². The monoisotopic (exact) mass is 303 g/mol. The van der Waals surface area contributed by atoms with Gasteiger partial charge >= 0.3 is 0 Å². The number of aromatic nitrogens is 2. The molecule has 0 aliphatic heterocycles. The van der Waals surface area contributed by atoms with Crippen molar-refractivity contribution >= 4 is 39.8 Å². The van der Waals surface area contributed by atoms with Gasteiger partial charge in [-0.25, -0.2) is 4.39 Å². The van der Waals surface area contributed by atoms with E-state index in [1.54, 1.807) is 12.1 Å². The molecule has 96 valence electrons. The van der Waals surface area contributed by atoms with Crippen LogP contribution in [-0.4, -0.2) is 24.3 Å². The molecule has 1 heterocycles. The summed E-state index contributed by atoms with van der Waals surface area (Å²) < 4.78 is 14.4. The fourth-order valence-electron chi connectivity index (χ4n) is 1.25. The minimum absolute atomic E-state index is 0.285. The van der Waals surface area contributed by atoms with E-state index in [1.165, 1.54) is 29.2 Å². The zero-order valence-electron chi connectivity index (χ0n) is 9.85. The van der Waals surface area contributed by atoms with E-state index in [-0.39, 0.29) is 5.82 Å². The maximum absolute atomic E-state index is 13.5. The van der Waals surface area contributed by atoms with Crippen LogP contribution in [0.4, 0.5) is 9.52 Å². The Hall–Kier alpha value is -0.850. The number of hydrogen-bond donors (Lipinski definition) is 0. The molecule has 7 heteroatoms. The number of halogens is 2. The third-order valence-corrected chi connectivity index (χ3v) is 4.78. The van der Waals surface area contributed by atoms with Crippen molar-refractivity contribution < 1.29 is 4.39 Å². The number of thioether (sulfide) groups is 1. The van der Waals surface area contributed by atoms with Gasteiger partial charge in [-0.2, -0.15) is 0 Å². The normalized spacial score (nSPS) is 10.7. The second kappa shape index (κ2) is 5.86. The Labute approximate surface area is 118 Å². The Morgan fingerprint density at radius 2 is 2.17 bits per heavy atom. The first-order chi connectivity index (χ1) is 8.58. The smallest absolute Gasteiger partial charge is 0.208 e. The molecule has 0 unspecified atom stereocenters. The molecule has 2 aromatic rings. The molecule has 0 N–H and O–H groups in total. The average Bonchev–Trinajstić information content (AvgIpc) is 2.77. The van der Waals surface area contributed by atoms with Gasteiger partial charge in [0.25, 0.3) is 0 Å². The molecule has 0 spiro atoms. The van der Waals surface area contributed by atoms with Crippen LogP contribution in [0.5, 0.6) is 0 Å². The highest BCUT2D eigenvalue weighted by Gasteiger charge is 2.10. The van der Waals surface area contributed by atoms with E-state index in [1.807, 2.05) is 19.0 Å². The lowest BCUT2D eigenvalue weighted by molar-refractivity contribution is 0.617. The summed E-state index contributed by atoms with van der Waals surface area (Å²) >= 11 is 8.86. The fraction of sp³-hybridized carbons (Fsp3) is 0.273. The van der Waals surface area contributed by atoms with Crippen molar-refractivity contribution in [3.05, 3.63) is 34.6 Å². The van der Waals surface area contributed by atoms with Crippen LogP contribution in [0.25, 0.3) is 0 Å². The summed E-state index contributed by atoms with van der Waals surface area (Å²) in [6.45, 7) is 0. The summed E-state index contributed by atoms with van der Waals surface area (Å²) in [6.07, 6.45) is 0. The highest BCUT2D eigenvalue weighted by atomic mass is 35.5. The van der Waals surface area contributed by atoms with Crippen molar-refractivity contribution in [2.24, 2.45) is 0 Å². The molecule has 0 saturated heterocycles. The molecule has 1 aromatic carbocycles. The van der Waals surface area contributed by atoms with Gasteiger partial charge in [-0.3, -0.25) is 0 Å².